The van der Waals surface area contributed by atoms with Gasteiger partial charge in [-0.15, -0.1) is 0 Å². The number of rotatable bonds is 7. The van der Waals surface area contributed by atoms with Gasteiger partial charge in [0.05, 0.1) is 11.5 Å². The number of nitrogens with one attached hydrogen (secondary N) is 1. The van der Waals surface area contributed by atoms with E-state index in [-0.39, 0.29) is 23.5 Å². The van der Waals surface area contributed by atoms with Gasteiger partial charge >= 0.3 is 0 Å². The molecule has 0 aromatic heterocycles. The van der Waals surface area contributed by atoms with Crippen LogP contribution in [0.15, 0.2) is 0 Å². The number of carbonyl (C=O) groups is 1. The summed E-state index contributed by atoms with van der Waals surface area (Å²) >= 11 is 0. The zero-order valence-electron chi connectivity index (χ0n) is 11.3. The van der Waals surface area contributed by atoms with Gasteiger partial charge in [0.1, 0.15) is 0 Å². The molecule has 1 aliphatic heterocycles. The quantitative estimate of drug-likeness (QED) is 0.684. The first-order valence-electron chi connectivity index (χ1n) is 6.62. The van der Waals surface area contributed by atoms with Crippen LogP contribution in [-0.2, 0) is 14.6 Å². The topological polar surface area (TPSA) is 66.5 Å². The van der Waals surface area contributed by atoms with Crippen molar-refractivity contribution in [3.63, 3.8) is 0 Å². The van der Waals surface area contributed by atoms with Crippen molar-refractivity contribution in [2.24, 2.45) is 0 Å². The van der Waals surface area contributed by atoms with Gasteiger partial charge in [-0.1, -0.05) is 13.3 Å². The Balaban J connectivity index is 2.21. The van der Waals surface area contributed by atoms with Gasteiger partial charge < -0.3 is 10.2 Å². The van der Waals surface area contributed by atoms with Gasteiger partial charge in [-0.25, -0.2) is 8.42 Å². The van der Waals surface area contributed by atoms with E-state index in [9.17, 15) is 13.2 Å². The zero-order valence-corrected chi connectivity index (χ0v) is 12.1. The fourth-order valence-corrected chi connectivity index (χ4v) is 3.88. The molecule has 1 amide bonds. The van der Waals surface area contributed by atoms with Crippen LogP contribution in [0.1, 0.15) is 32.6 Å². The van der Waals surface area contributed by atoms with Gasteiger partial charge in [0, 0.05) is 25.6 Å². The lowest BCUT2D eigenvalue weighted by molar-refractivity contribution is -0.121. The molecule has 1 atom stereocenters. The summed E-state index contributed by atoms with van der Waals surface area (Å²) in [4.78, 5) is 13.5. The van der Waals surface area contributed by atoms with Crippen LogP contribution >= 0.6 is 0 Å². The molecule has 18 heavy (non-hydrogen) atoms. The number of hydrogen-bond acceptors (Lipinski definition) is 4. The van der Waals surface area contributed by atoms with Crippen LogP contribution in [-0.4, -0.2) is 56.9 Å². The number of hydrogen-bond donors (Lipinski definition) is 1. The van der Waals surface area contributed by atoms with Gasteiger partial charge in [0.25, 0.3) is 0 Å². The Bertz CT molecular complexity index is 368. The number of nitrogens with zero attached hydrogens (tertiary/aromatic N) is 1. The van der Waals surface area contributed by atoms with Crippen molar-refractivity contribution in [3.05, 3.63) is 0 Å². The molecule has 6 heteroatoms. The van der Waals surface area contributed by atoms with Crippen molar-refractivity contribution in [3.8, 4) is 0 Å². The van der Waals surface area contributed by atoms with Crippen LogP contribution < -0.4 is 5.32 Å². The molecule has 1 heterocycles. The van der Waals surface area contributed by atoms with Gasteiger partial charge in [-0.2, -0.15) is 0 Å². The SMILES string of the molecule is CCCCNC(=O)CCN(C)C1CCS(=O)(=O)C1. The lowest BCUT2D eigenvalue weighted by atomic mass is 10.2. The first-order valence-corrected chi connectivity index (χ1v) is 8.44. The van der Waals surface area contributed by atoms with Gasteiger partial charge in [0.15, 0.2) is 9.84 Å². The fourth-order valence-electron chi connectivity index (χ4n) is 2.08. The minimum Gasteiger partial charge on any atom is -0.356 e. The summed E-state index contributed by atoms with van der Waals surface area (Å²) in [7, 11) is -0.945. The first kappa shape index (κ1) is 15.4. The van der Waals surface area contributed by atoms with E-state index in [1.165, 1.54) is 0 Å². The fraction of sp³-hybridized carbons (Fsp3) is 0.917. The predicted octanol–water partition coefficient (Wildman–Crippen LogP) is 0.412. The molecule has 1 fully saturated rings. The molecular weight excluding hydrogens is 252 g/mol. The smallest absolute Gasteiger partial charge is 0.221 e. The molecule has 5 nitrogen and oxygen atoms in total. The Kier molecular flexibility index (Phi) is 6.08. The molecule has 1 saturated heterocycles. The van der Waals surface area contributed by atoms with Gasteiger partial charge in [0.2, 0.25) is 5.91 Å². The minimum absolute atomic E-state index is 0.0520. The molecule has 1 aliphatic rings. The van der Waals surface area contributed by atoms with Crippen molar-refractivity contribution >= 4 is 15.7 Å². The summed E-state index contributed by atoms with van der Waals surface area (Å²) in [5.41, 5.74) is 0. The summed E-state index contributed by atoms with van der Waals surface area (Å²) in [5.74, 6) is 0.571. The molecule has 0 bridgehead atoms. The van der Waals surface area contributed by atoms with Crippen molar-refractivity contribution in [1.82, 2.24) is 10.2 Å². The maximum atomic E-state index is 11.5. The van der Waals surface area contributed by atoms with Crippen molar-refractivity contribution < 1.29 is 13.2 Å². The second kappa shape index (κ2) is 7.09. The third-order valence-electron chi connectivity index (χ3n) is 3.38. The van der Waals surface area contributed by atoms with E-state index in [1.807, 2.05) is 11.9 Å². The third kappa shape index (κ3) is 5.35. The van der Waals surface area contributed by atoms with Crippen LogP contribution in [0.3, 0.4) is 0 Å². The lowest BCUT2D eigenvalue weighted by Crippen LogP contribution is -2.36. The first-order chi connectivity index (χ1) is 8.44. The van der Waals surface area contributed by atoms with E-state index >= 15 is 0 Å². The largest absolute Gasteiger partial charge is 0.356 e. The van der Waals surface area contributed by atoms with E-state index in [0.29, 0.717) is 19.4 Å². The van der Waals surface area contributed by atoms with Crippen molar-refractivity contribution in [1.29, 1.82) is 0 Å². The Morgan fingerprint density at radius 1 is 1.44 bits per heavy atom. The molecule has 106 valence electrons. The Morgan fingerprint density at radius 3 is 2.72 bits per heavy atom. The molecule has 0 aromatic carbocycles. The summed E-state index contributed by atoms with van der Waals surface area (Å²) in [6.45, 7) is 3.44. The standard InChI is InChI=1S/C12H24N2O3S/c1-3-4-7-13-12(15)5-8-14(2)11-6-9-18(16,17)10-11/h11H,3-10H2,1-2H3,(H,13,15). The Hall–Kier alpha value is -0.620. The molecule has 1 rings (SSSR count). The van der Waals surface area contributed by atoms with Crippen molar-refractivity contribution in [2.45, 2.75) is 38.6 Å². The summed E-state index contributed by atoms with van der Waals surface area (Å²) in [5, 5.41) is 2.86. The predicted molar refractivity (Wildman–Crippen MR) is 72.2 cm³/mol. The number of unbranched alkanes of at least 4 members (excludes halogenated alkanes) is 1. The summed E-state index contributed by atoms with van der Waals surface area (Å²) in [6.07, 6.45) is 3.20. The van der Waals surface area contributed by atoms with Crippen LogP contribution in [0.4, 0.5) is 0 Å². The average molecular weight is 276 g/mol. The van der Waals surface area contributed by atoms with E-state index < -0.39 is 9.84 Å². The zero-order chi connectivity index (χ0) is 13.6. The second-order valence-corrected chi connectivity index (χ2v) is 7.22. The van der Waals surface area contributed by atoms with E-state index in [4.69, 9.17) is 0 Å². The number of sulfone groups is 1. The highest BCUT2D eigenvalue weighted by Gasteiger charge is 2.30. The highest BCUT2D eigenvalue weighted by molar-refractivity contribution is 7.91. The molecular formula is C12H24N2O3S. The maximum Gasteiger partial charge on any atom is 0.221 e. The number of carbonyl (C=O) groups excluding carboxylic acids is 1. The summed E-state index contributed by atoms with van der Waals surface area (Å²) in [6, 6.07) is 0.0819. The highest BCUT2D eigenvalue weighted by Crippen LogP contribution is 2.16. The molecule has 0 aromatic rings. The van der Waals surface area contributed by atoms with E-state index in [2.05, 4.69) is 12.2 Å². The molecule has 1 N–H and O–H groups in total. The molecule has 1 unspecified atom stereocenters. The molecule has 0 radical (unpaired) electrons. The van der Waals surface area contributed by atoms with Crippen molar-refractivity contribution in [2.75, 3.05) is 31.6 Å². The van der Waals surface area contributed by atoms with Crippen LogP contribution in [0.5, 0.6) is 0 Å². The monoisotopic (exact) mass is 276 g/mol. The van der Waals surface area contributed by atoms with Gasteiger partial charge in [-0.05, 0) is 19.9 Å². The highest BCUT2D eigenvalue weighted by atomic mass is 32.2. The normalized spacial score (nSPS) is 22.3. The van der Waals surface area contributed by atoms with E-state index in [1.54, 1.807) is 0 Å². The van der Waals surface area contributed by atoms with E-state index in [0.717, 1.165) is 19.4 Å². The number of amides is 1. The molecule has 0 saturated carbocycles. The molecule has 0 aliphatic carbocycles. The Morgan fingerprint density at radius 2 is 2.17 bits per heavy atom. The summed E-state index contributed by atoms with van der Waals surface area (Å²) < 4.78 is 22.7. The maximum absolute atomic E-state index is 11.5. The Labute approximate surface area is 110 Å². The van der Waals surface area contributed by atoms with Crippen LogP contribution in [0.2, 0.25) is 0 Å². The molecule has 0 spiro atoms. The van der Waals surface area contributed by atoms with Gasteiger partial charge in [-0.3, -0.25) is 4.79 Å². The van der Waals surface area contributed by atoms with Crippen LogP contribution in [0, 0.1) is 0 Å². The third-order valence-corrected chi connectivity index (χ3v) is 5.13. The lowest BCUT2D eigenvalue weighted by Gasteiger charge is -2.22. The second-order valence-electron chi connectivity index (χ2n) is 4.99. The average Bonchev–Trinajstić information content (AvgIpc) is 2.67. The minimum atomic E-state index is -2.84. The van der Waals surface area contributed by atoms with Crippen LogP contribution in [0.25, 0.3) is 0 Å².